The second-order valence-electron chi connectivity index (χ2n) is 5.25. The number of halogens is 1. The van der Waals surface area contributed by atoms with Gasteiger partial charge in [-0.15, -0.1) is 0 Å². The van der Waals surface area contributed by atoms with Gasteiger partial charge in [-0.05, 0) is 24.1 Å². The molecule has 0 saturated carbocycles. The fourth-order valence-corrected chi connectivity index (χ4v) is 1.89. The van der Waals surface area contributed by atoms with E-state index < -0.39 is 0 Å². The maximum Gasteiger partial charge on any atom is 0.222 e. The first-order valence-electron chi connectivity index (χ1n) is 7.49. The highest BCUT2D eigenvalue weighted by Crippen LogP contribution is 2.09. The second kappa shape index (κ2) is 10.1. The SMILES string of the molecule is CN=C(NCCNC(=O)C(C)C)NCCc1ccc(Cl)cc1. The summed E-state index contributed by atoms with van der Waals surface area (Å²) in [4.78, 5) is 15.6. The number of hydrogen-bond acceptors (Lipinski definition) is 2. The smallest absolute Gasteiger partial charge is 0.222 e. The minimum atomic E-state index is 0.0109. The van der Waals surface area contributed by atoms with Crippen molar-refractivity contribution in [3.8, 4) is 0 Å². The van der Waals surface area contributed by atoms with Crippen LogP contribution in [-0.2, 0) is 11.2 Å². The van der Waals surface area contributed by atoms with Gasteiger partial charge in [-0.25, -0.2) is 0 Å². The van der Waals surface area contributed by atoms with E-state index in [1.807, 2.05) is 38.1 Å². The number of amides is 1. The van der Waals surface area contributed by atoms with Gasteiger partial charge >= 0.3 is 0 Å². The molecule has 1 aromatic rings. The number of nitrogens with one attached hydrogen (secondary N) is 3. The van der Waals surface area contributed by atoms with Crippen LogP contribution in [-0.4, -0.2) is 38.5 Å². The summed E-state index contributed by atoms with van der Waals surface area (Å²) >= 11 is 5.86. The molecule has 0 aromatic heterocycles. The molecule has 0 aliphatic rings. The molecule has 0 unspecified atom stereocenters. The second-order valence-corrected chi connectivity index (χ2v) is 5.68. The van der Waals surface area contributed by atoms with Crippen LogP contribution in [0.4, 0.5) is 0 Å². The van der Waals surface area contributed by atoms with Crippen molar-refractivity contribution in [2.75, 3.05) is 26.7 Å². The van der Waals surface area contributed by atoms with Gasteiger partial charge in [0.1, 0.15) is 0 Å². The van der Waals surface area contributed by atoms with Gasteiger partial charge in [-0.2, -0.15) is 0 Å². The molecule has 0 aliphatic heterocycles. The Morgan fingerprint density at radius 3 is 2.27 bits per heavy atom. The Balaban J connectivity index is 2.20. The summed E-state index contributed by atoms with van der Waals surface area (Å²) in [6.45, 7) is 5.74. The van der Waals surface area contributed by atoms with Crippen molar-refractivity contribution >= 4 is 23.5 Å². The van der Waals surface area contributed by atoms with Gasteiger partial charge in [-0.3, -0.25) is 9.79 Å². The molecular weight excluding hydrogens is 300 g/mol. The van der Waals surface area contributed by atoms with E-state index in [1.54, 1.807) is 7.05 Å². The molecule has 0 bridgehead atoms. The van der Waals surface area contributed by atoms with Gasteiger partial charge in [-0.1, -0.05) is 37.6 Å². The Bertz CT molecular complexity index is 485. The first-order chi connectivity index (χ1) is 10.5. The van der Waals surface area contributed by atoms with E-state index in [4.69, 9.17) is 11.6 Å². The Morgan fingerprint density at radius 2 is 1.68 bits per heavy atom. The molecule has 0 fully saturated rings. The summed E-state index contributed by atoms with van der Waals surface area (Å²) in [5, 5.41) is 10.00. The van der Waals surface area contributed by atoms with E-state index >= 15 is 0 Å². The van der Waals surface area contributed by atoms with Crippen molar-refractivity contribution in [3.05, 3.63) is 34.9 Å². The molecule has 122 valence electrons. The Kier molecular flexibility index (Phi) is 8.36. The highest BCUT2D eigenvalue weighted by Gasteiger charge is 2.05. The van der Waals surface area contributed by atoms with E-state index in [9.17, 15) is 4.79 Å². The van der Waals surface area contributed by atoms with E-state index in [0.717, 1.165) is 23.9 Å². The third-order valence-electron chi connectivity index (χ3n) is 3.08. The van der Waals surface area contributed by atoms with Gasteiger partial charge in [0.25, 0.3) is 0 Å². The topological polar surface area (TPSA) is 65.5 Å². The maximum atomic E-state index is 11.4. The minimum absolute atomic E-state index is 0.0109. The fraction of sp³-hybridized carbons (Fsp3) is 0.500. The van der Waals surface area contributed by atoms with E-state index in [1.165, 1.54) is 5.56 Å². The summed E-state index contributed by atoms with van der Waals surface area (Å²) in [5.74, 6) is 0.803. The first-order valence-corrected chi connectivity index (χ1v) is 7.87. The lowest BCUT2D eigenvalue weighted by atomic mass is 10.1. The third-order valence-corrected chi connectivity index (χ3v) is 3.34. The standard InChI is InChI=1S/C16H25ClN4O/c1-12(2)15(22)19-10-11-21-16(18-3)20-9-8-13-4-6-14(17)7-5-13/h4-7,12H,8-11H2,1-3H3,(H,19,22)(H2,18,20,21). The van der Waals surface area contributed by atoms with Crippen LogP contribution < -0.4 is 16.0 Å². The highest BCUT2D eigenvalue weighted by atomic mass is 35.5. The average Bonchev–Trinajstić information content (AvgIpc) is 2.51. The zero-order valence-corrected chi connectivity index (χ0v) is 14.2. The number of guanidine groups is 1. The minimum Gasteiger partial charge on any atom is -0.356 e. The summed E-state index contributed by atoms with van der Waals surface area (Å²) < 4.78 is 0. The highest BCUT2D eigenvalue weighted by molar-refractivity contribution is 6.30. The molecule has 0 radical (unpaired) electrons. The van der Waals surface area contributed by atoms with Gasteiger partial charge in [0.15, 0.2) is 5.96 Å². The van der Waals surface area contributed by atoms with E-state index in [0.29, 0.717) is 13.1 Å². The van der Waals surface area contributed by atoms with E-state index in [-0.39, 0.29) is 11.8 Å². The van der Waals surface area contributed by atoms with Crippen molar-refractivity contribution in [2.24, 2.45) is 10.9 Å². The number of carbonyl (C=O) groups excluding carboxylic acids is 1. The average molecular weight is 325 g/mol. The molecule has 0 aliphatic carbocycles. The van der Waals surface area contributed by atoms with Gasteiger partial charge in [0.05, 0.1) is 0 Å². The van der Waals surface area contributed by atoms with E-state index in [2.05, 4.69) is 20.9 Å². The maximum absolute atomic E-state index is 11.4. The van der Waals surface area contributed by atoms with Crippen molar-refractivity contribution in [2.45, 2.75) is 20.3 Å². The Morgan fingerprint density at radius 1 is 1.09 bits per heavy atom. The number of nitrogens with zero attached hydrogens (tertiary/aromatic N) is 1. The zero-order chi connectivity index (χ0) is 16.4. The van der Waals surface area contributed by atoms with Gasteiger partial charge in [0, 0.05) is 37.6 Å². The zero-order valence-electron chi connectivity index (χ0n) is 13.4. The number of rotatable bonds is 7. The predicted octanol–water partition coefficient (Wildman–Crippen LogP) is 1.82. The molecule has 1 amide bonds. The molecule has 3 N–H and O–H groups in total. The lowest BCUT2D eigenvalue weighted by Gasteiger charge is -2.13. The molecule has 22 heavy (non-hydrogen) atoms. The predicted molar refractivity (Wildman–Crippen MR) is 92.4 cm³/mol. The van der Waals surface area contributed by atoms with Crippen LogP contribution in [0.1, 0.15) is 19.4 Å². The van der Waals surface area contributed by atoms with Crippen molar-refractivity contribution in [1.29, 1.82) is 0 Å². The quantitative estimate of drug-likeness (QED) is 0.407. The van der Waals surface area contributed by atoms with Crippen LogP contribution in [0.15, 0.2) is 29.3 Å². The molecule has 0 spiro atoms. The van der Waals surface area contributed by atoms with Crippen LogP contribution in [0.5, 0.6) is 0 Å². The molecule has 0 saturated heterocycles. The van der Waals surface area contributed by atoms with Crippen LogP contribution in [0.2, 0.25) is 5.02 Å². The van der Waals surface area contributed by atoms with Crippen molar-refractivity contribution < 1.29 is 4.79 Å². The monoisotopic (exact) mass is 324 g/mol. The van der Waals surface area contributed by atoms with Crippen LogP contribution in [0, 0.1) is 5.92 Å². The number of hydrogen-bond donors (Lipinski definition) is 3. The molecule has 0 heterocycles. The lowest BCUT2D eigenvalue weighted by Crippen LogP contribution is -2.42. The normalized spacial score (nSPS) is 11.4. The summed E-state index contributed by atoms with van der Waals surface area (Å²) in [5.41, 5.74) is 1.22. The largest absolute Gasteiger partial charge is 0.356 e. The molecule has 1 aromatic carbocycles. The lowest BCUT2D eigenvalue weighted by molar-refractivity contribution is -0.123. The molecule has 6 heteroatoms. The number of benzene rings is 1. The van der Waals surface area contributed by atoms with Crippen molar-refractivity contribution in [1.82, 2.24) is 16.0 Å². The molecule has 1 rings (SSSR count). The first kappa shape index (κ1) is 18.3. The van der Waals surface area contributed by atoms with Crippen molar-refractivity contribution in [3.63, 3.8) is 0 Å². The Hall–Kier alpha value is -1.75. The molecular formula is C16H25ClN4O. The number of aliphatic imine (C=N–C) groups is 1. The van der Waals surface area contributed by atoms with Gasteiger partial charge in [0.2, 0.25) is 5.91 Å². The van der Waals surface area contributed by atoms with Crippen LogP contribution >= 0.6 is 11.6 Å². The summed E-state index contributed by atoms with van der Waals surface area (Å²) in [6.07, 6.45) is 0.891. The Labute approximate surface area is 137 Å². The van der Waals surface area contributed by atoms with Crippen LogP contribution in [0.25, 0.3) is 0 Å². The van der Waals surface area contributed by atoms with Gasteiger partial charge < -0.3 is 16.0 Å². The molecule has 0 atom stereocenters. The molecule has 5 nitrogen and oxygen atoms in total. The van der Waals surface area contributed by atoms with Crippen LogP contribution in [0.3, 0.4) is 0 Å². The number of carbonyl (C=O) groups is 1. The summed E-state index contributed by atoms with van der Waals surface area (Å²) in [6, 6.07) is 7.81. The third kappa shape index (κ3) is 7.31. The fourth-order valence-electron chi connectivity index (χ4n) is 1.77. The summed E-state index contributed by atoms with van der Waals surface area (Å²) in [7, 11) is 1.73.